The SMILES string of the molecule is CC1(C(=O)NCC(=O)NCc2ccccc2)CCCCN1. The Balaban J connectivity index is 1.72. The Morgan fingerprint density at radius 1 is 1.19 bits per heavy atom. The molecule has 1 aromatic carbocycles. The molecule has 21 heavy (non-hydrogen) atoms. The summed E-state index contributed by atoms with van der Waals surface area (Å²) in [6.07, 6.45) is 2.95. The van der Waals surface area contributed by atoms with Gasteiger partial charge in [-0.25, -0.2) is 0 Å². The van der Waals surface area contributed by atoms with Crippen LogP contribution in [0.4, 0.5) is 0 Å². The van der Waals surface area contributed by atoms with Gasteiger partial charge in [-0.2, -0.15) is 0 Å². The van der Waals surface area contributed by atoms with E-state index in [4.69, 9.17) is 0 Å². The van der Waals surface area contributed by atoms with Crippen LogP contribution in [0.5, 0.6) is 0 Å². The van der Waals surface area contributed by atoms with Crippen molar-refractivity contribution < 1.29 is 9.59 Å². The van der Waals surface area contributed by atoms with E-state index in [0.29, 0.717) is 6.54 Å². The average Bonchev–Trinajstić information content (AvgIpc) is 2.52. The minimum Gasteiger partial charge on any atom is -0.350 e. The molecule has 1 saturated heterocycles. The molecule has 1 atom stereocenters. The van der Waals surface area contributed by atoms with Crippen molar-refractivity contribution >= 4 is 11.8 Å². The van der Waals surface area contributed by atoms with Crippen molar-refractivity contribution in [3.8, 4) is 0 Å². The van der Waals surface area contributed by atoms with E-state index < -0.39 is 5.54 Å². The van der Waals surface area contributed by atoms with Crippen LogP contribution in [-0.4, -0.2) is 30.4 Å². The molecule has 2 rings (SSSR count). The molecule has 2 amide bonds. The quantitative estimate of drug-likeness (QED) is 0.756. The third-order valence-corrected chi connectivity index (χ3v) is 3.86. The smallest absolute Gasteiger partial charge is 0.240 e. The summed E-state index contributed by atoms with van der Waals surface area (Å²) >= 11 is 0. The molecule has 1 aliphatic rings. The molecule has 0 saturated carbocycles. The number of hydrogen-bond acceptors (Lipinski definition) is 3. The summed E-state index contributed by atoms with van der Waals surface area (Å²) < 4.78 is 0. The van der Waals surface area contributed by atoms with Crippen molar-refractivity contribution in [2.24, 2.45) is 0 Å². The Morgan fingerprint density at radius 2 is 1.95 bits per heavy atom. The maximum Gasteiger partial charge on any atom is 0.240 e. The number of piperidine rings is 1. The predicted molar refractivity (Wildman–Crippen MR) is 81.6 cm³/mol. The molecule has 0 radical (unpaired) electrons. The van der Waals surface area contributed by atoms with Crippen LogP contribution in [0.15, 0.2) is 30.3 Å². The van der Waals surface area contributed by atoms with E-state index in [1.807, 2.05) is 37.3 Å². The number of benzene rings is 1. The first-order chi connectivity index (χ1) is 10.1. The molecule has 3 N–H and O–H groups in total. The van der Waals surface area contributed by atoms with Gasteiger partial charge < -0.3 is 16.0 Å². The van der Waals surface area contributed by atoms with Crippen molar-refractivity contribution in [1.82, 2.24) is 16.0 Å². The third-order valence-electron chi connectivity index (χ3n) is 3.86. The summed E-state index contributed by atoms with van der Waals surface area (Å²) in [7, 11) is 0. The third kappa shape index (κ3) is 4.56. The van der Waals surface area contributed by atoms with Crippen molar-refractivity contribution in [2.45, 2.75) is 38.3 Å². The van der Waals surface area contributed by atoms with Gasteiger partial charge in [0.25, 0.3) is 0 Å². The van der Waals surface area contributed by atoms with Gasteiger partial charge in [0.15, 0.2) is 0 Å². The fourth-order valence-corrected chi connectivity index (χ4v) is 2.46. The van der Waals surface area contributed by atoms with E-state index in [0.717, 1.165) is 31.4 Å². The molecule has 0 aromatic heterocycles. The lowest BCUT2D eigenvalue weighted by Gasteiger charge is -2.33. The zero-order valence-electron chi connectivity index (χ0n) is 12.4. The molecule has 0 spiro atoms. The van der Waals surface area contributed by atoms with E-state index in [2.05, 4.69) is 16.0 Å². The number of carbonyl (C=O) groups excluding carboxylic acids is 2. The molecule has 1 unspecified atom stereocenters. The van der Waals surface area contributed by atoms with E-state index in [1.165, 1.54) is 0 Å². The highest BCUT2D eigenvalue weighted by Crippen LogP contribution is 2.18. The molecule has 1 heterocycles. The number of rotatable bonds is 5. The predicted octanol–water partition coefficient (Wildman–Crippen LogP) is 0.951. The second-order valence-corrected chi connectivity index (χ2v) is 5.66. The number of carbonyl (C=O) groups is 2. The van der Waals surface area contributed by atoms with Gasteiger partial charge in [0.1, 0.15) is 0 Å². The summed E-state index contributed by atoms with van der Waals surface area (Å²) in [4.78, 5) is 23.9. The van der Waals surface area contributed by atoms with E-state index in [9.17, 15) is 9.59 Å². The van der Waals surface area contributed by atoms with Gasteiger partial charge in [-0.05, 0) is 38.3 Å². The van der Waals surface area contributed by atoms with Gasteiger partial charge in [-0.15, -0.1) is 0 Å². The van der Waals surface area contributed by atoms with Gasteiger partial charge in [-0.3, -0.25) is 9.59 Å². The van der Waals surface area contributed by atoms with E-state index >= 15 is 0 Å². The second-order valence-electron chi connectivity index (χ2n) is 5.66. The maximum atomic E-state index is 12.1. The van der Waals surface area contributed by atoms with Crippen LogP contribution in [0.3, 0.4) is 0 Å². The Hall–Kier alpha value is -1.88. The van der Waals surface area contributed by atoms with Crippen LogP contribution in [0.25, 0.3) is 0 Å². The summed E-state index contributed by atoms with van der Waals surface area (Å²) in [6, 6.07) is 9.69. The Morgan fingerprint density at radius 3 is 2.62 bits per heavy atom. The van der Waals surface area contributed by atoms with Gasteiger partial charge in [0.2, 0.25) is 11.8 Å². The normalized spacial score (nSPS) is 21.6. The van der Waals surface area contributed by atoms with Crippen LogP contribution in [0, 0.1) is 0 Å². The highest BCUT2D eigenvalue weighted by atomic mass is 16.2. The maximum absolute atomic E-state index is 12.1. The minimum atomic E-state index is -0.544. The largest absolute Gasteiger partial charge is 0.350 e. The lowest BCUT2D eigenvalue weighted by molar-refractivity contribution is -0.130. The molecular weight excluding hydrogens is 266 g/mol. The molecule has 1 aliphatic heterocycles. The van der Waals surface area contributed by atoms with Crippen molar-refractivity contribution in [3.05, 3.63) is 35.9 Å². The topological polar surface area (TPSA) is 70.2 Å². The molecule has 5 nitrogen and oxygen atoms in total. The highest BCUT2D eigenvalue weighted by molar-refractivity contribution is 5.90. The van der Waals surface area contributed by atoms with Gasteiger partial charge >= 0.3 is 0 Å². The first-order valence-corrected chi connectivity index (χ1v) is 7.44. The monoisotopic (exact) mass is 289 g/mol. The van der Waals surface area contributed by atoms with Crippen LogP contribution < -0.4 is 16.0 Å². The van der Waals surface area contributed by atoms with Crippen LogP contribution >= 0.6 is 0 Å². The van der Waals surface area contributed by atoms with Crippen LogP contribution in [0.2, 0.25) is 0 Å². The summed E-state index contributed by atoms with van der Waals surface area (Å²) in [5, 5.41) is 8.74. The Labute approximate surface area is 125 Å². The van der Waals surface area contributed by atoms with Gasteiger partial charge in [0.05, 0.1) is 12.1 Å². The Kier molecular flexibility index (Phi) is 5.33. The fourth-order valence-electron chi connectivity index (χ4n) is 2.46. The van der Waals surface area contributed by atoms with Crippen molar-refractivity contribution in [2.75, 3.05) is 13.1 Å². The Bertz CT molecular complexity index is 482. The summed E-state index contributed by atoms with van der Waals surface area (Å²) in [5.41, 5.74) is 0.496. The first-order valence-electron chi connectivity index (χ1n) is 7.44. The lowest BCUT2D eigenvalue weighted by atomic mass is 9.90. The van der Waals surface area contributed by atoms with Crippen LogP contribution in [-0.2, 0) is 16.1 Å². The molecular formula is C16H23N3O2. The minimum absolute atomic E-state index is 0.0168. The average molecular weight is 289 g/mol. The van der Waals surface area contributed by atoms with Crippen molar-refractivity contribution in [1.29, 1.82) is 0 Å². The van der Waals surface area contributed by atoms with Gasteiger partial charge in [0, 0.05) is 6.54 Å². The molecule has 114 valence electrons. The second kappa shape index (κ2) is 7.22. The molecule has 0 aliphatic carbocycles. The van der Waals surface area contributed by atoms with E-state index in [1.54, 1.807) is 0 Å². The highest BCUT2D eigenvalue weighted by Gasteiger charge is 2.34. The summed E-state index contributed by atoms with van der Waals surface area (Å²) in [5.74, 6) is -0.274. The zero-order valence-corrected chi connectivity index (χ0v) is 12.4. The van der Waals surface area contributed by atoms with Crippen LogP contribution in [0.1, 0.15) is 31.7 Å². The number of hydrogen-bond donors (Lipinski definition) is 3. The standard InChI is InChI=1S/C16H23N3O2/c1-16(9-5-6-10-19-16)15(21)18-12-14(20)17-11-13-7-3-2-4-8-13/h2-4,7-8,19H,5-6,9-12H2,1H3,(H,17,20)(H,18,21). The lowest BCUT2D eigenvalue weighted by Crippen LogP contribution is -2.57. The van der Waals surface area contributed by atoms with Gasteiger partial charge in [-0.1, -0.05) is 30.3 Å². The molecule has 1 fully saturated rings. The molecule has 1 aromatic rings. The zero-order chi connectivity index (χ0) is 15.1. The first kappa shape index (κ1) is 15.5. The summed E-state index contributed by atoms with van der Waals surface area (Å²) in [6.45, 7) is 3.24. The fraction of sp³-hybridized carbons (Fsp3) is 0.500. The molecule has 5 heteroatoms. The number of amides is 2. The van der Waals surface area contributed by atoms with Crippen molar-refractivity contribution in [3.63, 3.8) is 0 Å². The van der Waals surface area contributed by atoms with E-state index in [-0.39, 0.29) is 18.4 Å². The number of nitrogens with one attached hydrogen (secondary N) is 3. The molecule has 0 bridgehead atoms.